The zero-order valence-electron chi connectivity index (χ0n) is 16.5. The van der Waals surface area contributed by atoms with E-state index in [9.17, 15) is 14.0 Å². The van der Waals surface area contributed by atoms with Crippen LogP contribution in [0.25, 0.3) is 0 Å². The van der Waals surface area contributed by atoms with Crippen LogP contribution in [-0.2, 0) is 16.0 Å². The number of amides is 2. The Morgan fingerprint density at radius 1 is 1.48 bits per heavy atom. The molecule has 0 aliphatic carbocycles. The molecule has 0 spiro atoms. The minimum absolute atomic E-state index is 0.0300. The molecule has 0 fully saturated rings. The number of imidazole rings is 1. The summed E-state index contributed by atoms with van der Waals surface area (Å²) >= 11 is 5.98. The summed E-state index contributed by atoms with van der Waals surface area (Å²) in [5, 5.41) is 2.77. The summed E-state index contributed by atoms with van der Waals surface area (Å²) in [6.07, 6.45) is 2.85. The quantitative estimate of drug-likeness (QED) is 0.722. The lowest BCUT2D eigenvalue weighted by molar-refractivity contribution is -0.144. The Morgan fingerprint density at radius 3 is 2.90 bits per heavy atom. The smallest absolute Gasteiger partial charge is 0.328 e. The van der Waals surface area contributed by atoms with Gasteiger partial charge in [-0.05, 0) is 23.6 Å². The normalized spacial score (nSPS) is 18.0. The molecule has 7 nitrogen and oxygen atoms in total. The van der Waals surface area contributed by atoms with Gasteiger partial charge in [-0.25, -0.2) is 19.0 Å². The Balaban J connectivity index is 1.94. The fourth-order valence-corrected chi connectivity index (χ4v) is 3.72. The summed E-state index contributed by atoms with van der Waals surface area (Å²) in [5.41, 5.74) is 2.22. The van der Waals surface area contributed by atoms with Crippen molar-refractivity contribution in [3.63, 3.8) is 0 Å². The van der Waals surface area contributed by atoms with Gasteiger partial charge in [-0.15, -0.1) is 0 Å². The Hall–Kier alpha value is -2.61. The summed E-state index contributed by atoms with van der Waals surface area (Å²) in [5.74, 6) is -1.13. The number of benzene rings is 1. The number of esters is 1. The van der Waals surface area contributed by atoms with Crippen LogP contribution in [0.5, 0.6) is 0 Å². The molecule has 1 aromatic carbocycles. The molecule has 2 heterocycles. The lowest BCUT2D eigenvalue weighted by atomic mass is 9.95. The summed E-state index contributed by atoms with van der Waals surface area (Å²) < 4.78 is 18.5. The van der Waals surface area contributed by atoms with Crippen molar-refractivity contribution in [1.29, 1.82) is 0 Å². The van der Waals surface area contributed by atoms with E-state index < -0.39 is 29.9 Å². The number of H-pyrrole nitrogens is 1. The maximum atomic E-state index is 13.7. The van der Waals surface area contributed by atoms with Crippen LogP contribution in [0, 0.1) is 11.7 Å². The fraction of sp³-hybridized carbons (Fsp3) is 0.450. The lowest BCUT2D eigenvalue weighted by Crippen LogP contribution is -2.53. The first-order valence-corrected chi connectivity index (χ1v) is 9.87. The van der Waals surface area contributed by atoms with Crippen LogP contribution in [0.1, 0.15) is 43.3 Å². The minimum Gasteiger partial charge on any atom is -0.467 e. The van der Waals surface area contributed by atoms with Crippen molar-refractivity contribution >= 4 is 23.6 Å². The van der Waals surface area contributed by atoms with E-state index in [0.717, 1.165) is 5.69 Å². The zero-order valence-corrected chi connectivity index (χ0v) is 17.3. The van der Waals surface area contributed by atoms with Crippen molar-refractivity contribution in [1.82, 2.24) is 20.2 Å². The van der Waals surface area contributed by atoms with Crippen molar-refractivity contribution < 1.29 is 18.7 Å². The molecule has 2 amide bonds. The van der Waals surface area contributed by atoms with Crippen LogP contribution in [0.3, 0.4) is 0 Å². The molecule has 156 valence electrons. The van der Waals surface area contributed by atoms with Gasteiger partial charge in [0.15, 0.2) is 0 Å². The molecule has 2 N–H and O–H groups in total. The van der Waals surface area contributed by atoms with Gasteiger partial charge in [-0.1, -0.05) is 37.9 Å². The molecule has 0 bridgehead atoms. The molecule has 29 heavy (non-hydrogen) atoms. The molecule has 3 rings (SSSR count). The molecule has 1 aliphatic rings. The number of rotatable bonds is 5. The van der Waals surface area contributed by atoms with E-state index in [1.807, 2.05) is 13.8 Å². The number of nitrogens with one attached hydrogen (secondary N) is 2. The highest BCUT2D eigenvalue weighted by molar-refractivity contribution is 6.30. The number of ether oxygens (including phenoxy) is 1. The molecule has 9 heteroatoms. The topological polar surface area (TPSA) is 87.3 Å². The molecular weight excluding hydrogens is 399 g/mol. The second kappa shape index (κ2) is 8.82. The maximum absolute atomic E-state index is 13.7. The van der Waals surface area contributed by atoms with Crippen LogP contribution in [0.4, 0.5) is 9.18 Å². The average Bonchev–Trinajstić information content (AvgIpc) is 3.20. The number of nitrogens with zero attached hydrogens (tertiary/aromatic N) is 2. The third-order valence-electron chi connectivity index (χ3n) is 5.39. The molecule has 0 unspecified atom stereocenters. The minimum atomic E-state index is -0.768. The van der Waals surface area contributed by atoms with Crippen molar-refractivity contribution in [2.75, 3.05) is 13.7 Å². The van der Waals surface area contributed by atoms with Crippen molar-refractivity contribution in [2.45, 2.75) is 38.8 Å². The van der Waals surface area contributed by atoms with E-state index in [1.54, 1.807) is 17.3 Å². The molecule has 1 aromatic heterocycles. The standard InChI is InChI=1S/C20H24ClFN4O3/c1-4-11(2)16(19(27)29-3)25-20(28)26-8-7-15-17(24-10-23-15)18(26)12-5-6-14(22)13(21)9-12/h5-6,9-11,16,18H,4,7-8H2,1-3H3,(H,23,24)(H,25,28)/t11-,16+,18-/m1/s1. The predicted molar refractivity (Wildman–Crippen MR) is 106 cm³/mol. The van der Waals surface area contributed by atoms with Crippen molar-refractivity contribution in [2.24, 2.45) is 5.92 Å². The summed E-state index contributed by atoms with van der Waals surface area (Å²) in [6.45, 7) is 4.21. The van der Waals surface area contributed by atoms with Gasteiger partial charge in [0.25, 0.3) is 0 Å². The van der Waals surface area contributed by atoms with Crippen LogP contribution in [0.15, 0.2) is 24.5 Å². The first kappa shape index (κ1) is 21.1. The van der Waals surface area contributed by atoms with E-state index in [1.165, 1.54) is 19.2 Å². The molecule has 2 aromatic rings. The van der Waals surface area contributed by atoms with Gasteiger partial charge >= 0.3 is 12.0 Å². The van der Waals surface area contributed by atoms with Gasteiger partial charge in [0, 0.05) is 18.7 Å². The van der Waals surface area contributed by atoms with Crippen LogP contribution in [-0.4, -0.2) is 46.6 Å². The highest BCUT2D eigenvalue weighted by Gasteiger charge is 2.37. The molecule has 0 saturated heterocycles. The van der Waals surface area contributed by atoms with E-state index in [0.29, 0.717) is 30.6 Å². The number of hydrogen-bond donors (Lipinski definition) is 2. The first-order valence-electron chi connectivity index (χ1n) is 9.49. The Kier molecular flexibility index (Phi) is 6.42. The number of halogens is 2. The second-order valence-electron chi connectivity index (χ2n) is 7.12. The number of hydrogen-bond acceptors (Lipinski definition) is 4. The molecule has 1 aliphatic heterocycles. The number of carbonyl (C=O) groups excluding carboxylic acids is 2. The van der Waals surface area contributed by atoms with E-state index >= 15 is 0 Å². The second-order valence-corrected chi connectivity index (χ2v) is 7.53. The number of carbonyl (C=O) groups is 2. The van der Waals surface area contributed by atoms with Gasteiger partial charge in [0.2, 0.25) is 0 Å². The molecule has 3 atom stereocenters. The van der Waals surface area contributed by atoms with Crippen molar-refractivity contribution in [3.05, 3.63) is 52.3 Å². The van der Waals surface area contributed by atoms with Gasteiger partial charge in [-0.2, -0.15) is 0 Å². The summed E-state index contributed by atoms with van der Waals surface area (Å²) in [4.78, 5) is 34.4. The monoisotopic (exact) mass is 422 g/mol. The van der Waals surface area contributed by atoms with Gasteiger partial charge in [-0.3, -0.25) is 0 Å². The van der Waals surface area contributed by atoms with E-state index in [2.05, 4.69) is 15.3 Å². The highest BCUT2D eigenvalue weighted by atomic mass is 35.5. The number of methoxy groups -OCH3 is 1. The lowest BCUT2D eigenvalue weighted by Gasteiger charge is -2.36. The Morgan fingerprint density at radius 2 is 2.24 bits per heavy atom. The van der Waals surface area contributed by atoms with E-state index in [4.69, 9.17) is 16.3 Å². The molecular formula is C20H24ClFN4O3. The summed E-state index contributed by atoms with van der Waals surface area (Å²) in [7, 11) is 1.30. The Labute approximate surface area is 173 Å². The molecule has 0 saturated carbocycles. The van der Waals surface area contributed by atoms with Gasteiger partial charge in [0.05, 0.1) is 24.2 Å². The summed E-state index contributed by atoms with van der Waals surface area (Å²) in [6, 6.07) is 2.61. The average molecular weight is 423 g/mol. The molecule has 0 radical (unpaired) electrons. The third-order valence-corrected chi connectivity index (χ3v) is 5.68. The van der Waals surface area contributed by atoms with E-state index in [-0.39, 0.29) is 10.9 Å². The number of fused-ring (bicyclic) bond motifs is 1. The fourth-order valence-electron chi connectivity index (χ4n) is 3.53. The number of aromatic amines is 1. The number of aromatic nitrogens is 2. The third kappa shape index (κ3) is 4.22. The predicted octanol–water partition coefficient (Wildman–Crippen LogP) is 3.45. The first-order chi connectivity index (χ1) is 13.9. The maximum Gasteiger partial charge on any atom is 0.328 e. The van der Waals surface area contributed by atoms with Gasteiger partial charge in [0.1, 0.15) is 17.9 Å². The SMILES string of the molecule is CC[C@@H](C)[C@H](NC(=O)N1CCc2[nH]cnc2[C@H]1c1ccc(F)c(Cl)c1)C(=O)OC. The largest absolute Gasteiger partial charge is 0.467 e. The van der Waals surface area contributed by atoms with Crippen LogP contribution >= 0.6 is 11.6 Å². The Bertz CT molecular complexity index is 904. The zero-order chi connectivity index (χ0) is 21.1. The van der Waals surface area contributed by atoms with Gasteiger partial charge < -0.3 is 19.9 Å². The van der Waals surface area contributed by atoms with Crippen molar-refractivity contribution in [3.8, 4) is 0 Å². The van der Waals surface area contributed by atoms with Crippen LogP contribution in [0.2, 0.25) is 5.02 Å². The van der Waals surface area contributed by atoms with Crippen LogP contribution < -0.4 is 5.32 Å². The number of urea groups is 1. The highest BCUT2D eigenvalue weighted by Crippen LogP contribution is 2.35.